The van der Waals surface area contributed by atoms with Gasteiger partial charge in [0, 0.05) is 6.54 Å². The van der Waals surface area contributed by atoms with Crippen molar-refractivity contribution in [1.82, 2.24) is 4.90 Å². The van der Waals surface area contributed by atoms with E-state index >= 15 is 0 Å². The van der Waals surface area contributed by atoms with Crippen LogP contribution in [0.15, 0.2) is 30.3 Å². The van der Waals surface area contributed by atoms with Crippen molar-refractivity contribution < 1.29 is 9.53 Å². The van der Waals surface area contributed by atoms with Crippen LogP contribution in [0.3, 0.4) is 0 Å². The van der Waals surface area contributed by atoms with Gasteiger partial charge in [-0.2, -0.15) is 0 Å². The van der Waals surface area contributed by atoms with Crippen LogP contribution in [0.5, 0.6) is 0 Å². The Bertz CT molecular complexity index is 337. The number of carbonyl (C=O) groups excluding carboxylic acids is 1. The number of cyclic esters (lactones) is 1. The van der Waals surface area contributed by atoms with Gasteiger partial charge >= 0.3 is 6.09 Å². The van der Waals surface area contributed by atoms with Crippen LogP contribution in [0, 0.1) is 0 Å². The van der Waals surface area contributed by atoms with E-state index in [0.29, 0.717) is 6.61 Å². The lowest BCUT2D eigenvalue weighted by atomic mass is 10.1. The van der Waals surface area contributed by atoms with Crippen LogP contribution < -0.4 is 0 Å². The predicted molar refractivity (Wildman–Crippen MR) is 57.7 cm³/mol. The number of rotatable bonds is 3. The molecule has 1 aromatic rings. The standard InChI is InChI=1S/C12H15NO2/c1-2-13-11(9-15-12(13)14)8-10-6-4-3-5-7-10/h3-7,11H,2,8-9H2,1H3. The van der Waals surface area contributed by atoms with E-state index in [-0.39, 0.29) is 12.1 Å². The summed E-state index contributed by atoms with van der Waals surface area (Å²) in [5, 5.41) is 0. The van der Waals surface area contributed by atoms with Crippen LogP contribution in [0.1, 0.15) is 12.5 Å². The van der Waals surface area contributed by atoms with E-state index in [2.05, 4.69) is 12.1 Å². The van der Waals surface area contributed by atoms with Crippen LogP contribution >= 0.6 is 0 Å². The first kappa shape index (κ1) is 10.0. The molecule has 1 amide bonds. The summed E-state index contributed by atoms with van der Waals surface area (Å²) in [4.78, 5) is 13.1. The number of nitrogens with zero attached hydrogens (tertiary/aromatic N) is 1. The molecule has 1 saturated heterocycles. The minimum Gasteiger partial charge on any atom is -0.447 e. The molecule has 80 valence electrons. The fourth-order valence-corrected chi connectivity index (χ4v) is 1.93. The Morgan fingerprint density at radius 3 is 2.80 bits per heavy atom. The molecule has 0 spiro atoms. The third-order valence-corrected chi connectivity index (χ3v) is 2.73. The smallest absolute Gasteiger partial charge is 0.410 e. The summed E-state index contributed by atoms with van der Waals surface area (Å²) in [6, 6.07) is 10.4. The Morgan fingerprint density at radius 2 is 2.13 bits per heavy atom. The molecule has 3 nitrogen and oxygen atoms in total. The number of amides is 1. The summed E-state index contributed by atoms with van der Waals surface area (Å²) in [6.07, 6.45) is 0.693. The summed E-state index contributed by atoms with van der Waals surface area (Å²) < 4.78 is 5.03. The number of carbonyl (C=O) groups is 1. The van der Waals surface area contributed by atoms with Gasteiger partial charge in [0.15, 0.2) is 0 Å². The molecule has 1 aromatic carbocycles. The first-order valence-electron chi connectivity index (χ1n) is 5.28. The summed E-state index contributed by atoms with van der Waals surface area (Å²) in [5.41, 5.74) is 1.25. The zero-order valence-corrected chi connectivity index (χ0v) is 8.85. The number of likely N-dealkylation sites (N-methyl/N-ethyl adjacent to an activating group) is 1. The van der Waals surface area contributed by atoms with Gasteiger partial charge in [-0.3, -0.25) is 0 Å². The second-order valence-electron chi connectivity index (χ2n) is 3.71. The van der Waals surface area contributed by atoms with Crippen molar-refractivity contribution in [1.29, 1.82) is 0 Å². The van der Waals surface area contributed by atoms with Crippen molar-refractivity contribution >= 4 is 6.09 Å². The summed E-state index contributed by atoms with van der Waals surface area (Å²) in [5.74, 6) is 0. The number of benzene rings is 1. The lowest BCUT2D eigenvalue weighted by molar-refractivity contribution is 0.159. The second-order valence-corrected chi connectivity index (χ2v) is 3.71. The average Bonchev–Trinajstić information content (AvgIpc) is 2.61. The van der Waals surface area contributed by atoms with Gasteiger partial charge in [-0.15, -0.1) is 0 Å². The Labute approximate surface area is 89.7 Å². The normalized spacial score (nSPS) is 20.5. The van der Waals surface area contributed by atoms with E-state index in [1.54, 1.807) is 4.90 Å². The van der Waals surface area contributed by atoms with Crippen molar-refractivity contribution in [3.8, 4) is 0 Å². The first-order chi connectivity index (χ1) is 7.31. The fraction of sp³-hybridized carbons (Fsp3) is 0.417. The van der Waals surface area contributed by atoms with Gasteiger partial charge in [-0.25, -0.2) is 4.79 Å². The van der Waals surface area contributed by atoms with Crippen molar-refractivity contribution in [3.63, 3.8) is 0 Å². The predicted octanol–water partition coefficient (Wildman–Crippen LogP) is 2.07. The molecule has 0 bridgehead atoms. The van der Waals surface area contributed by atoms with Crippen LogP contribution in [-0.4, -0.2) is 30.2 Å². The van der Waals surface area contributed by atoms with Crippen molar-refractivity contribution in [2.75, 3.05) is 13.2 Å². The van der Waals surface area contributed by atoms with Gasteiger partial charge < -0.3 is 9.64 Å². The molecule has 1 unspecified atom stereocenters. The second kappa shape index (κ2) is 4.34. The Kier molecular flexibility index (Phi) is 2.90. The summed E-state index contributed by atoms with van der Waals surface area (Å²) in [6.45, 7) is 3.21. The van der Waals surface area contributed by atoms with Gasteiger partial charge in [0.05, 0.1) is 6.04 Å². The number of ether oxygens (including phenoxy) is 1. The van der Waals surface area contributed by atoms with E-state index in [4.69, 9.17) is 4.74 Å². The fourth-order valence-electron chi connectivity index (χ4n) is 1.93. The van der Waals surface area contributed by atoms with Crippen LogP contribution in [-0.2, 0) is 11.2 Å². The average molecular weight is 205 g/mol. The molecular formula is C12H15NO2. The third kappa shape index (κ3) is 2.12. The van der Waals surface area contributed by atoms with Gasteiger partial charge in [-0.05, 0) is 18.9 Å². The number of hydrogen-bond donors (Lipinski definition) is 0. The van der Waals surface area contributed by atoms with Crippen LogP contribution in [0.2, 0.25) is 0 Å². The van der Waals surface area contributed by atoms with E-state index in [1.165, 1.54) is 5.56 Å². The molecule has 1 heterocycles. The van der Waals surface area contributed by atoms with Gasteiger partial charge in [0.1, 0.15) is 6.61 Å². The Balaban J connectivity index is 2.04. The molecule has 0 N–H and O–H groups in total. The largest absolute Gasteiger partial charge is 0.447 e. The molecule has 1 atom stereocenters. The maximum atomic E-state index is 11.3. The minimum absolute atomic E-state index is 0.182. The molecule has 0 saturated carbocycles. The summed E-state index contributed by atoms with van der Waals surface area (Å²) >= 11 is 0. The van der Waals surface area contributed by atoms with Crippen LogP contribution in [0.4, 0.5) is 4.79 Å². The lowest BCUT2D eigenvalue weighted by Crippen LogP contribution is -2.34. The zero-order valence-electron chi connectivity index (χ0n) is 8.85. The molecule has 0 radical (unpaired) electrons. The third-order valence-electron chi connectivity index (χ3n) is 2.73. The number of hydrogen-bond acceptors (Lipinski definition) is 2. The highest BCUT2D eigenvalue weighted by Gasteiger charge is 2.31. The van der Waals surface area contributed by atoms with E-state index in [0.717, 1.165) is 13.0 Å². The van der Waals surface area contributed by atoms with Crippen LogP contribution in [0.25, 0.3) is 0 Å². The topological polar surface area (TPSA) is 29.5 Å². The van der Waals surface area contributed by atoms with E-state index < -0.39 is 0 Å². The van der Waals surface area contributed by atoms with Crippen molar-refractivity contribution in [2.24, 2.45) is 0 Å². The molecule has 1 aliphatic heterocycles. The molecule has 1 aliphatic rings. The van der Waals surface area contributed by atoms with Gasteiger partial charge in [0.2, 0.25) is 0 Å². The van der Waals surface area contributed by atoms with Crippen molar-refractivity contribution in [2.45, 2.75) is 19.4 Å². The zero-order chi connectivity index (χ0) is 10.7. The SMILES string of the molecule is CCN1C(=O)OCC1Cc1ccccc1. The van der Waals surface area contributed by atoms with Gasteiger partial charge in [0.25, 0.3) is 0 Å². The highest BCUT2D eigenvalue weighted by molar-refractivity contribution is 5.70. The van der Waals surface area contributed by atoms with E-state index in [9.17, 15) is 4.79 Å². The van der Waals surface area contributed by atoms with E-state index in [1.807, 2.05) is 25.1 Å². The molecule has 2 rings (SSSR count). The first-order valence-corrected chi connectivity index (χ1v) is 5.28. The highest BCUT2D eigenvalue weighted by atomic mass is 16.6. The maximum Gasteiger partial charge on any atom is 0.410 e. The maximum absolute atomic E-state index is 11.3. The molecule has 1 fully saturated rings. The van der Waals surface area contributed by atoms with Gasteiger partial charge in [-0.1, -0.05) is 30.3 Å². The Morgan fingerprint density at radius 1 is 1.40 bits per heavy atom. The minimum atomic E-state index is -0.182. The van der Waals surface area contributed by atoms with Crippen molar-refractivity contribution in [3.05, 3.63) is 35.9 Å². The quantitative estimate of drug-likeness (QED) is 0.756. The molecular weight excluding hydrogens is 190 g/mol. The molecule has 0 aromatic heterocycles. The molecule has 0 aliphatic carbocycles. The Hall–Kier alpha value is -1.51. The summed E-state index contributed by atoms with van der Waals surface area (Å²) in [7, 11) is 0. The monoisotopic (exact) mass is 205 g/mol. The molecule has 15 heavy (non-hydrogen) atoms. The lowest BCUT2D eigenvalue weighted by Gasteiger charge is -2.19. The molecule has 3 heteroatoms. The highest BCUT2D eigenvalue weighted by Crippen LogP contribution is 2.16.